The van der Waals surface area contributed by atoms with E-state index in [0.717, 1.165) is 6.20 Å². The standard InChI is InChI=1S/C14H13FN2O2/c1-17(9-10-4-2-3-5-13(10)18)14(19)11-6-7-16-8-12(11)15/h2-8,18H,9H2,1H3. The molecule has 0 aliphatic heterocycles. The fourth-order valence-electron chi connectivity index (χ4n) is 1.73. The SMILES string of the molecule is CN(Cc1ccccc1O)C(=O)c1ccncc1F. The van der Waals surface area contributed by atoms with Gasteiger partial charge >= 0.3 is 0 Å². The Kier molecular flexibility index (Phi) is 3.75. The van der Waals surface area contributed by atoms with E-state index in [4.69, 9.17) is 0 Å². The Balaban J connectivity index is 2.17. The van der Waals surface area contributed by atoms with E-state index in [1.54, 1.807) is 31.3 Å². The summed E-state index contributed by atoms with van der Waals surface area (Å²) in [5.74, 6) is -1.00. The van der Waals surface area contributed by atoms with Crippen molar-refractivity contribution in [1.82, 2.24) is 9.88 Å². The second-order valence-corrected chi connectivity index (χ2v) is 4.15. The van der Waals surface area contributed by atoms with E-state index in [2.05, 4.69) is 4.98 Å². The summed E-state index contributed by atoms with van der Waals surface area (Å²) >= 11 is 0. The molecule has 0 fully saturated rings. The third-order valence-corrected chi connectivity index (χ3v) is 2.75. The maximum atomic E-state index is 13.5. The molecule has 0 atom stereocenters. The topological polar surface area (TPSA) is 53.4 Å². The predicted molar refractivity (Wildman–Crippen MR) is 68.1 cm³/mol. The minimum absolute atomic E-state index is 0.0343. The summed E-state index contributed by atoms with van der Waals surface area (Å²) in [6.07, 6.45) is 2.37. The van der Waals surface area contributed by atoms with Gasteiger partial charge in [0.15, 0.2) is 5.82 Å². The van der Waals surface area contributed by atoms with Gasteiger partial charge in [-0.25, -0.2) is 4.39 Å². The number of benzene rings is 1. The Morgan fingerprint density at radius 1 is 1.37 bits per heavy atom. The lowest BCUT2D eigenvalue weighted by Crippen LogP contribution is -2.27. The molecule has 0 saturated heterocycles. The number of pyridine rings is 1. The molecule has 19 heavy (non-hydrogen) atoms. The first-order chi connectivity index (χ1) is 9.09. The van der Waals surface area contributed by atoms with Crippen molar-refractivity contribution in [2.24, 2.45) is 0 Å². The van der Waals surface area contributed by atoms with Gasteiger partial charge < -0.3 is 10.0 Å². The summed E-state index contributed by atoms with van der Waals surface area (Å²) in [6.45, 7) is 0.202. The molecule has 0 aliphatic carbocycles. The lowest BCUT2D eigenvalue weighted by Gasteiger charge is -2.18. The van der Waals surface area contributed by atoms with Crippen LogP contribution in [0.25, 0.3) is 0 Å². The number of nitrogens with zero attached hydrogens (tertiary/aromatic N) is 2. The number of carbonyl (C=O) groups excluding carboxylic acids is 1. The molecule has 2 aromatic rings. The highest BCUT2D eigenvalue weighted by molar-refractivity contribution is 5.94. The van der Waals surface area contributed by atoms with Crippen molar-refractivity contribution in [3.05, 3.63) is 59.7 Å². The molecule has 5 heteroatoms. The van der Waals surface area contributed by atoms with E-state index in [1.807, 2.05) is 0 Å². The van der Waals surface area contributed by atoms with Crippen LogP contribution in [0.1, 0.15) is 15.9 Å². The maximum absolute atomic E-state index is 13.5. The Labute approximate surface area is 110 Å². The average Bonchev–Trinajstić information content (AvgIpc) is 2.41. The molecule has 0 unspecified atom stereocenters. The van der Waals surface area contributed by atoms with Gasteiger partial charge in [0.2, 0.25) is 0 Å². The summed E-state index contributed by atoms with van der Waals surface area (Å²) in [4.78, 5) is 17.0. The van der Waals surface area contributed by atoms with Crippen LogP contribution in [0.15, 0.2) is 42.7 Å². The van der Waals surface area contributed by atoms with Crippen LogP contribution in [0.5, 0.6) is 5.75 Å². The summed E-state index contributed by atoms with van der Waals surface area (Å²) in [7, 11) is 1.55. The second kappa shape index (κ2) is 5.48. The van der Waals surface area contributed by atoms with Gasteiger partial charge in [-0.2, -0.15) is 0 Å². The van der Waals surface area contributed by atoms with E-state index in [0.29, 0.717) is 5.56 Å². The van der Waals surface area contributed by atoms with E-state index >= 15 is 0 Å². The number of rotatable bonds is 3. The number of carbonyl (C=O) groups is 1. The Bertz CT molecular complexity index is 602. The minimum Gasteiger partial charge on any atom is -0.508 e. The molecule has 1 aromatic heterocycles. The quantitative estimate of drug-likeness (QED) is 0.920. The molecule has 98 valence electrons. The van der Waals surface area contributed by atoms with Gasteiger partial charge in [0.25, 0.3) is 5.91 Å². The number of para-hydroxylation sites is 1. The molecule has 0 saturated carbocycles. The molecule has 1 N–H and O–H groups in total. The lowest BCUT2D eigenvalue weighted by molar-refractivity contribution is 0.0779. The fourth-order valence-corrected chi connectivity index (χ4v) is 1.73. The van der Waals surface area contributed by atoms with Gasteiger partial charge in [-0.3, -0.25) is 9.78 Å². The predicted octanol–water partition coefficient (Wildman–Crippen LogP) is 2.20. The van der Waals surface area contributed by atoms with Gasteiger partial charge in [-0.1, -0.05) is 18.2 Å². The van der Waals surface area contributed by atoms with Crippen molar-refractivity contribution >= 4 is 5.91 Å². The largest absolute Gasteiger partial charge is 0.508 e. The van der Waals surface area contributed by atoms with Crippen molar-refractivity contribution in [3.8, 4) is 5.75 Å². The minimum atomic E-state index is -0.656. The van der Waals surface area contributed by atoms with E-state index in [-0.39, 0.29) is 17.9 Å². The molecular formula is C14H13FN2O2. The molecule has 0 radical (unpaired) electrons. The third-order valence-electron chi connectivity index (χ3n) is 2.75. The Morgan fingerprint density at radius 2 is 2.11 bits per heavy atom. The van der Waals surface area contributed by atoms with E-state index in [1.165, 1.54) is 17.2 Å². The number of hydrogen-bond acceptors (Lipinski definition) is 3. The second-order valence-electron chi connectivity index (χ2n) is 4.15. The highest BCUT2D eigenvalue weighted by Gasteiger charge is 2.16. The van der Waals surface area contributed by atoms with E-state index < -0.39 is 11.7 Å². The average molecular weight is 260 g/mol. The van der Waals surface area contributed by atoms with Crippen LogP contribution in [-0.2, 0) is 6.54 Å². The molecular weight excluding hydrogens is 247 g/mol. The third kappa shape index (κ3) is 2.88. The highest BCUT2D eigenvalue weighted by Crippen LogP contribution is 2.18. The molecule has 2 rings (SSSR count). The van der Waals surface area contributed by atoms with E-state index in [9.17, 15) is 14.3 Å². The van der Waals surface area contributed by atoms with Crippen LogP contribution in [0.4, 0.5) is 4.39 Å². The summed E-state index contributed by atoms with van der Waals surface area (Å²) in [6, 6.07) is 8.05. The molecule has 0 spiro atoms. The van der Waals surface area contributed by atoms with Gasteiger partial charge in [0.05, 0.1) is 11.8 Å². The zero-order chi connectivity index (χ0) is 13.8. The number of aromatic nitrogens is 1. The van der Waals surface area contributed by atoms with Crippen molar-refractivity contribution in [1.29, 1.82) is 0 Å². The zero-order valence-electron chi connectivity index (χ0n) is 10.4. The van der Waals surface area contributed by atoms with Gasteiger partial charge in [0.1, 0.15) is 5.75 Å². The van der Waals surface area contributed by atoms with Crippen LogP contribution >= 0.6 is 0 Å². The van der Waals surface area contributed by atoms with Gasteiger partial charge in [-0.05, 0) is 12.1 Å². The summed E-state index contributed by atoms with van der Waals surface area (Å²) in [5, 5.41) is 9.64. The van der Waals surface area contributed by atoms with Crippen molar-refractivity contribution in [3.63, 3.8) is 0 Å². The zero-order valence-corrected chi connectivity index (χ0v) is 10.4. The van der Waals surface area contributed by atoms with Gasteiger partial charge in [-0.15, -0.1) is 0 Å². The normalized spacial score (nSPS) is 10.2. The number of phenols is 1. The highest BCUT2D eigenvalue weighted by atomic mass is 19.1. The molecule has 4 nitrogen and oxygen atoms in total. The number of hydrogen-bond donors (Lipinski definition) is 1. The smallest absolute Gasteiger partial charge is 0.256 e. The number of phenolic OH excluding ortho intramolecular Hbond substituents is 1. The van der Waals surface area contributed by atoms with Crippen molar-refractivity contribution in [2.75, 3.05) is 7.05 Å². The maximum Gasteiger partial charge on any atom is 0.256 e. The molecule has 1 aromatic carbocycles. The summed E-state index contributed by atoms with van der Waals surface area (Å²) in [5.41, 5.74) is 0.570. The number of aromatic hydroxyl groups is 1. The first-order valence-electron chi connectivity index (χ1n) is 5.71. The first kappa shape index (κ1) is 13.0. The summed E-state index contributed by atoms with van der Waals surface area (Å²) < 4.78 is 13.5. The van der Waals surface area contributed by atoms with Crippen LogP contribution < -0.4 is 0 Å². The van der Waals surface area contributed by atoms with Crippen molar-refractivity contribution in [2.45, 2.75) is 6.54 Å². The van der Waals surface area contributed by atoms with Crippen LogP contribution in [0, 0.1) is 5.82 Å². The van der Waals surface area contributed by atoms with Crippen molar-refractivity contribution < 1.29 is 14.3 Å². The lowest BCUT2D eigenvalue weighted by atomic mass is 10.1. The van der Waals surface area contributed by atoms with Crippen LogP contribution in [0.2, 0.25) is 0 Å². The van der Waals surface area contributed by atoms with Crippen LogP contribution in [-0.4, -0.2) is 27.9 Å². The molecule has 1 amide bonds. The first-order valence-corrected chi connectivity index (χ1v) is 5.71. The fraction of sp³-hybridized carbons (Fsp3) is 0.143. The van der Waals surface area contributed by atoms with Crippen LogP contribution in [0.3, 0.4) is 0 Å². The molecule has 1 heterocycles. The molecule has 0 aliphatic rings. The Morgan fingerprint density at radius 3 is 2.79 bits per heavy atom. The monoisotopic (exact) mass is 260 g/mol. The Hall–Kier alpha value is -2.43. The van der Waals surface area contributed by atoms with Gasteiger partial charge in [0, 0.05) is 25.4 Å². The number of halogens is 1. The number of amides is 1. The molecule has 0 bridgehead atoms.